The van der Waals surface area contributed by atoms with Crippen molar-refractivity contribution in [3.63, 3.8) is 0 Å². The Bertz CT molecular complexity index is 1800. The second kappa shape index (κ2) is 12.9. The summed E-state index contributed by atoms with van der Waals surface area (Å²) in [5.41, 5.74) is 0.670. The molecule has 2 aromatic carbocycles. The monoisotopic (exact) mass is 692 g/mol. The van der Waals surface area contributed by atoms with Gasteiger partial charge in [0.05, 0.1) is 15.8 Å². The van der Waals surface area contributed by atoms with Crippen LogP contribution in [-0.4, -0.2) is 77.1 Å². The van der Waals surface area contributed by atoms with E-state index in [1.165, 1.54) is 29.7 Å². The fraction of sp³-hybridized carbons (Fsp3) is 0.308. The van der Waals surface area contributed by atoms with Gasteiger partial charge in [0, 0.05) is 26.2 Å². The van der Waals surface area contributed by atoms with Crippen molar-refractivity contribution in [1.29, 1.82) is 0 Å². The van der Waals surface area contributed by atoms with E-state index in [1.807, 2.05) is 0 Å². The number of hydrogen-bond acceptors (Lipinski definition) is 11. The fourth-order valence-corrected chi connectivity index (χ4v) is 6.96. The van der Waals surface area contributed by atoms with Crippen molar-refractivity contribution in [2.45, 2.75) is 36.8 Å². The third-order valence-electron chi connectivity index (χ3n) is 6.52. The van der Waals surface area contributed by atoms with Crippen molar-refractivity contribution in [2.75, 3.05) is 24.5 Å². The summed E-state index contributed by atoms with van der Waals surface area (Å²) >= 11 is 1.17. The molecule has 4 aromatic rings. The van der Waals surface area contributed by atoms with Crippen LogP contribution in [0.1, 0.15) is 11.4 Å². The molecule has 246 valence electrons. The number of nitrogens with zero attached hydrogens (tertiary/aromatic N) is 5. The molecule has 0 spiro atoms. The molecule has 5 rings (SSSR count). The van der Waals surface area contributed by atoms with E-state index in [9.17, 15) is 44.7 Å². The van der Waals surface area contributed by atoms with Crippen LogP contribution in [0.5, 0.6) is 11.5 Å². The van der Waals surface area contributed by atoms with Gasteiger partial charge in [-0.15, -0.1) is 26.3 Å². The number of fused-ring (bicyclic) bond motifs is 1. The van der Waals surface area contributed by atoms with E-state index < -0.39 is 52.8 Å². The quantitative estimate of drug-likeness (QED) is 0.250. The Morgan fingerprint density at radius 3 is 2.15 bits per heavy atom. The van der Waals surface area contributed by atoms with E-state index in [4.69, 9.17) is 0 Å². The number of hydrogen-bond donors (Lipinski definition) is 2. The summed E-state index contributed by atoms with van der Waals surface area (Å²) in [4.78, 5) is 27.4. The van der Waals surface area contributed by atoms with Gasteiger partial charge in [-0.1, -0.05) is 23.5 Å². The highest BCUT2D eigenvalue weighted by Gasteiger charge is 2.41. The summed E-state index contributed by atoms with van der Waals surface area (Å²) in [6.07, 6.45) is -8.41. The molecule has 20 heteroatoms. The van der Waals surface area contributed by atoms with Crippen molar-refractivity contribution >= 4 is 42.7 Å². The minimum Gasteiger partial charge on any atom is -0.406 e. The molecule has 3 heterocycles. The van der Waals surface area contributed by atoms with Crippen molar-refractivity contribution in [3.05, 3.63) is 66.1 Å². The predicted molar refractivity (Wildman–Crippen MR) is 149 cm³/mol. The Morgan fingerprint density at radius 2 is 1.57 bits per heavy atom. The molecule has 1 amide bonds. The molecule has 1 fully saturated rings. The smallest absolute Gasteiger partial charge is 0.406 e. The number of aliphatic hydroxyl groups is 1. The molecular weight excluding hydrogens is 670 g/mol. The highest BCUT2D eigenvalue weighted by molar-refractivity contribution is 7.89. The first-order chi connectivity index (χ1) is 21.6. The Balaban J connectivity index is 1.39. The van der Waals surface area contributed by atoms with Crippen molar-refractivity contribution < 1.29 is 54.1 Å². The normalized spacial score (nSPS) is 16.4. The first-order valence-corrected chi connectivity index (χ1v) is 15.4. The van der Waals surface area contributed by atoms with Gasteiger partial charge in [0.15, 0.2) is 16.6 Å². The molecule has 1 saturated heterocycles. The molecule has 2 N–H and O–H groups in total. The highest BCUT2D eigenvalue weighted by Crippen LogP contribution is 2.32. The van der Waals surface area contributed by atoms with Crippen LogP contribution in [0.15, 0.2) is 59.6 Å². The second-order valence-electron chi connectivity index (χ2n) is 9.63. The number of carbonyl (C=O) groups is 1. The number of aliphatic hydroxyl groups excluding tert-OH is 1. The molecule has 0 unspecified atom stereocenters. The lowest BCUT2D eigenvalue weighted by molar-refractivity contribution is -0.275. The van der Waals surface area contributed by atoms with Crippen LogP contribution < -0.4 is 19.7 Å². The third kappa shape index (κ3) is 7.92. The molecule has 0 saturated carbocycles. The number of piperazine rings is 1. The number of alkyl halides is 6. The maximum atomic E-state index is 13.7. The zero-order valence-corrected chi connectivity index (χ0v) is 24.8. The predicted octanol–water partition coefficient (Wildman–Crippen LogP) is 3.57. The summed E-state index contributed by atoms with van der Waals surface area (Å²) < 4.78 is 112. The van der Waals surface area contributed by atoms with Crippen molar-refractivity contribution in [1.82, 2.24) is 24.6 Å². The molecular formula is C26H22F6N6O6S2. The average molecular weight is 693 g/mol. The van der Waals surface area contributed by atoms with Crippen LogP contribution >= 0.6 is 11.3 Å². The number of rotatable bonds is 9. The molecule has 46 heavy (non-hydrogen) atoms. The number of aromatic nitrogens is 3. The van der Waals surface area contributed by atoms with E-state index in [0.717, 1.165) is 40.7 Å². The van der Waals surface area contributed by atoms with Crippen LogP contribution in [0.25, 0.3) is 10.3 Å². The minimum atomic E-state index is -4.99. The first kappa shape index (κ1) is 33.1. The number of carbonyl (C=O) groups excluding carboxylic acids is 1. The third-order valence-corrected chi connectivity index (χ3v) is 9.48. The Morgan fingerprint density at radius 1 is 0.957 bits per heavy atom. The highest BCUT2D eigenvalue weighted by atomic mass is 32.2. The largest absolute Gasteiger partial charge is 0.573 e. The number of amides is 1. The Kier molecular flexibility index (Phi) is 9.25. The molecule has 12 nitrogen and oxygen atoms in total. The standard InChI is InChI=1S/C26H22F6N6O6S2/c27-25(28,29)43-16-3-1-15(2-4-16)11-34-23(40)19-13-37(24-36-22-20(45-24)12-33-21(14-39)35-22)9-10-38(19)46(41,42)18-7-5-17(6-8-18)44-26(30,31)32/h1-8,12,19,39H,9-11,13-14H2,(H,34,40)/t19-/m1/s1. The molecule has 0 bridgehead atoms. The van der Waals surface area contributed by atoms with E-state index >= 15 is 0 Å². The zero-order valence-electron chi connectivity index (χ0n) is 23.1. The number of sulfonamides is 1. The lowest BCUT2D eigenvalue weighted by Crippen LogP contribution is -2.60. The van der Waals surface area contributed by atoms with Crippen LogP contribution in [0.3, 0.4) is 0 Å². The molecule has 2 aromatic heterocycles. The Labute approximate surface area is 260 Å². The van der Waals surface area contributed by atoms with E-state index in [-0.39, 0.29) is 42.5 Å². The van der Waals surface area contributed by atoms with Crippen LogP contribution in [0, 0.1) is 0 Å². The minimum absolute atomic E-state index is 0.0685. The molecule has 1 aliphatic heterocycles. The average Bonchev–Trinajstić information content (AvgIpc) is 3.42. The Hall–Kier alpha value is -4.27. The van der Waals surface area contributed by atoms with E-state index in [0.29, 0.717) is 15.4 Å². The van der Waals surface area contributed by atoms with Crippen LogP contribution in [-0.2, 0) is 28.0 Å². The van der Waals surface area contributed by atoms with Gasteiger partial charge in [0.25, 0.3) is 0 Å². The van der Waals surface area contributed by atoms with Crippen molar-refractivity contribution in [3.8, 4) is 11.5 Å². The van der Waals surface area contributed by atoms with Gasteiger partial charge in [-0.05, 0) is 42.0 Å². The SMILES string of the molecule is O=C(NCc1ccc(OC(F)(F)F)cc1)[C@H]1CN(c2nc3nc(CO)ncc3s2)CCN1S(=O)(=O)c1ccc(OC(F)(F)F)cc1. The van der Waals surface area contributed by atoms with Gasteiger partial charge in [-0.2, -0.15) is 9.29 Å². The first-order valence-electron chi connectivity index (χ1n) is 13.1. The van der Waals surface area contributed by atoms with E-state index in [1.54, 1.807) is 4.90 Å². The molecule has 0 radical (unpaired) electrons. The van der Waals surface area contributed by atoms with Gasteiger partial charge >= 0.3 is 12.7 Å². The zero-order chi connectivity index (χ0) is 33.3. The lowest BCUT2D eigenvalue weighted by atomic mass is 10.1. The molecule has 1 aliphatic rings. The van der Waals surface area contributed by atoms with Crippen molar-refractivity contribution in [2.24, 2.45) is 0 Å². The molecule has 1 atom stereocenters. The maximum Gasteiger partial charge on any atom is 0.573 e. The van der Waals surface area contributed by atoms with Crippen LogP contribution in [0.2, 0.25) is 0 Å². The van der Waals surface area contributed by atoms with Gasteiger partial charge < -0.3 is 24.8 Å². The number of halogens is 6. The number of nitrogens with one attached hydrogen (secondary N) is 1. The summed E-state index contributed by atoms with van der Waals surface area (Å²) in [5, 5.41) is 12.3. The van der Waals surface area contributed by atoms with Gasteiger partial charge in [-0.3, -0.25) is 4.79 Å². The second-order valence-corrected chi connectivity index (χ2v) is 12.5. The van der Waals surface area contributed by atoms with Gasteiger partial charge in [0.1, 0.15) is 24.1 Å². The fourth-order valence-electron chi connectivity index (χ4n) is 4.48. The van der Waals surface area contributed by atoms with Gasteiger partial charge in [-0.25, -0.2) is 18.4 Å². The molecule has 0 aliphatic carbocycles. The summed E-state index contributed by atoms with van der Waals surface area (Å²) in [6.45, 7) is -0.950. The van der Waals surface area contributed by atoms with Crippen LogP contribution in [0.4, 0.5) is 31.5 Å². The number of thiazole rings is 1. The number of anilines is 1. The summed E-state index contributed by atoms with van der Waals surface area (Å²) in [5.74, 6) is -1.73. The number of benzene rings is 2. The van der Waals surface area contributed by atoms with E-state index in [2.05, 4.69) is 29.7 Å². The van der Waals surface area contributed by atoms with Gasteiger partial charge in [0.2, 0.25) is 15.9 Å². The maximum absolute atomic E-state index is 13.7. The number of ether oxygens (including phenoxy) is 2. The topological polar surface area (TPSA) is 147 Å². The lowest BCUT2D eigenvalue weighted by Gasteiger charge is -2.39. The summed E-state index contributed by atoms with van der Waals surface area (Å²) in [7, 11) is -4.44. The summed E-state index contributed by atoms with van der Waals surface area (Å²) in [6, 6.07) is 6.83.